The van der Waals surface area contributed by atoms with E-state index in [0.29, 0.717) is 0 Å². The molecule has 0 aromatic carbocycles. The van der Waals surface area contributed by atoms with Crippen LogP contribution in [-0.4, -0.2) is 44.6 Å². The maximum Gasteiger partial charge on any atom is 0.341 e. The lowest BCUT2D eigenvalue weighted by atomic mass is 10.3. The molecule has 0 fully saturated rings. The normalized spacial score (nSPS) is 10.3. The first-order valence-corrected chi connectivity index (χ1v) is 6.53. The molecule has 0 atom stereocenters. The van der Waals surface area contributed by atoms with Crippen LogP contribution in [0.1, 0.15) is 23.0 Å². The zero-order valence-electron chi connectivity index (χ0n) is 11.8. The number of aromatic nitrogens is 4. The average molecular weight is 325 g/mol. The van der Waals surface area contributed by atoms with E-state index in [2.05, 4.69) is 15.1 Å². The third-order valence-corrected chi connectivity index (χ3v) is 2.78. The first-order chi connectivity index (χ1) is 10.5. The number of ether oxygens (including phenoxy) is 2. The number of nitrogens with zero attached hydrogens (tertiary/aromatic N) is 4. The van der Waals surface area contributed by atoms with Crippen molar-refractivity contribution in [2.45, 2.75) is 6.92 Å². The van der Waals surface area contributed by atoms with Gasteiger partial charge < -0.3 is 15.2 Å². The molecular formula is C12H13ClN6O3. The van der Waals surface area contributed by atoms with Gasteiger partial charge in [-0.05, 0) is 6.92 Å². The molecule has 0 amide bonds. The molecule has 0 saturated heterocycles. The highest BCUT2D eigenvalue weighted by Crippen LogP contribution is 2.24. The molecule has 2 heterocycles. The van der Waals surface area contributed by atoms with Gasteiger partial charge in [0.15, 0.2) is 0 Å². The van der Waals surface area contributed by atoms with Gasteiger partial charge in [0.05, 0.1) is 25.5 Å². The second-order valence-corrected chi connectivity index (χ2v) is 4.38. The number of carbonyl (C=O) groups excluding carboxylic acids is 1. The van der Waals surface area contributed by atoms with Crippen LogP contribution >= 0.6 is 11.6 Å². The lowest BCUT2D eigenvalue weighted by molar-refractivity contribution is 0.0526. The summed E-state index contributed by atoms with van der Waals surface area (Å²) < 4.78 is 11.1. The van der Waals surface area contributed by atoms with E-state index in [1.807, 2.05) is 0 Å². The lowest BCUT2D eigenvalue weighted by Crippen LogP contribution is -2.11. The predicted molar refractivity (Wildman–Crippen MR) is 78.8 cm³/mol. The van der Waals surface area contributed by atoms with E-state index in [0.717, 1.165) is 0 Å². The number of carbonyl (C=O) groups is 1. The van der Waals surface area contributed by atoms with Gasteiger partial charge in [-0.3, -0.25) is 5.41 Å². The summed E-state index contributed by atoms with van der Waals surface area (Å²) in [4.78, 5) is 19.7. The summed E-state index contributed by atoms with van der Waals surface area (Å²) in [7, 11) is 1.37. The average Bonchev–Trinajstić information content (AvgIpc) is 2.97. The summed E-state index contributed by atoms with van der Waals surface area (Å²) in [5, 5.41) is 11.1. The monoisotopic (exact) mass is 324 g/mol. The maximum absolute atomic E-state index is 11.6. The molecule has 0 aliphatic rings. The Bertz CT molecular complexity index is 730. The van der Waals surface area contributed by atoms with Gasteiger partial charge >= 0.3 is 5.97 Å². The Hall–Kier alpha value is -2.68. The molecule has 0 bridgehead atoms. The van der Waals surface area contributed by atoms with E-state index in [1.165, 1.54) is 24.2 Å². The van der Waals surface area contributed by atoms with Crippen molar-refractivity contribution in [1.82, 2.24) is 19.7 Å². The standard InChI is InChI=1S/C12H13ClN6O3/c1-3-22-11(20)6-4-16-19(5-6)12-17-8(9(13)15)7(14)10(18-12)21-2/h4-5,15H,3,14H2,1-2H3. The van der Waals surface area contributed by atoms with Crippen LogP contribution in [0.25, 0.3) is 5.95 Å². The molecule has 10 heteroatoms. The van der Waals surface area contributed by atoms with Gasteiger partial charge in [-0.2, -0.15) is 10.1 Å². The minimum absolute atomic E-state index is 0.0108. The van der Waals surface area contributed by atoms with Crippen molar-refractivity contribution in [2.75, 3.05) is 19.5 Å². The maximum atomic E-state index is 11.6. The quantitative estimate of drug-likeness (QED) is 0.619. The zero-order valence-corrected chi connectivity index (χ0v) is 12.6. The van der Waals surface area contributed by atoms with Gasteiger partial charge in [-0.25, -0.2) is 14.5 Å². The van der Waals surface area contributed by atoms with E-state index in [-0.39, 0.29) is 40.6 Å². The van der Waals surface area contributed by atoms with Gasteiger partial charge in [-0.1, -0.05) is 11.6 Å². The Labute approximate surface area is 130 Å². The number of nitrogen functional groups attached to an aromatic ring is 1. The highest BCUT2D eigenvalue weighted by molar-refractivity contribution is 6.68. The largest absolute Gasteiger partial charge is 0.479 e. The second kappa shape index (κ2) is 6.39. The Morgan fingerprint density at radius 2 is 2.23 bits per heavy atom. The molecule has 22 heavy (non-hydrogen) atoms. The van der Waals surface area contributed by atoms with Crippen molar-refractivity contribution >= 4 is 28.4 Å². The Balaban J connectivity index is 2.47. The van der Waals surface area contributed by atoms with E-state index in [1.54, 1.807) is 6.92 Å². The van der Waals surface area contributed by atoms with Crippen molar-refractivity contribution in [1.29, 1.82) is 5.41 Å². The first-order valence-electron chi connectivity index (χ1n) is 6.16. The number of anilines is 1. The lowest BCUT2D eigenvalue weighted by Gasteiger charge is -2.09. The Morgan fingerprint density at radius 1 is 1.50 bits per heavy atom. The van der Waals surface area contributed by atoms with Gasteiger partial charge in [0.25, 0.3) is 5.95 Å². The second-order valence-electron chi connectivity index (χ2n) is 4.00. The summed E-state index contributed by atoms with van der Waals surface area (Å²) in [6, 6.07) is 0. The summed E-state index contributed by atoms with van der Waals surface area (Å²) >= 11 is 5.65. The molecule has 0 radical (unpaired) electrons. The van der Waals surface area contributed by atoms with Crippen LogP contribution in [0.5, 0.6) is 5.88 Å². The Morgan fingerprint density at radius 3 is 2.82 bits per heavy atom. The molecule has 3 N–H and O–H groups in total. The molecule has 116 valence electrons. The van der Waals surface area contributed by atoms with Crippen LogP contribution in [0.2, 0.25) is 0 Å². The summed E-state index contributed by atoms with van der Waals surface area (Å²) in [5.74, 6) is -0.401. The Kier molecular flexibility index (Phi) is 4.56. The summed E-state index contributed by atoms with van der Waals surface area (Å²) in [6.07, 6.45) is 2.71. The van der Waals surface area contributed by atoms with Crippen LogP contribution in [0.15, 0.2) is 12.4 Å². The fourth-order valence-electron chi connectivity index (χ4n) is 1.61. The van der Waals surface area contributed by atoms with Crippen molar-refractivity contribution in [3.05, 3.63) is 23.7 Å². The number of esters is 1. The van der Waals surface area contributed by atoms with E-state index >= 15 is 0 Å². The number of methoxy groups -OCH3 is 1. The minimum Gasteiger partial charge on any atom is -0.479 e. The number of rotatable bonds is 5. The third kappa shape index (κ3) is 2.98. The smallest absolute Gasteiger partial charge is 0.341 e. The molecule has 0 aliphatic heterocycles. The van der Waals surface area contributed by atoms with Gasteiger partial charge in [0, 0.05) is 6.20 Å². The fraction of sp³-hybridized carbons (Fsp3) is 0.250. The number of nitrogens with two attached hydrogens (primary N) is 1. The summed E-state index contributed by atoms with van der Waals surface area (Å²) in [5.41, 5.74) is 6.05. The molecule has 0 spiro atoms. The molecule has 2 aromatic heterocycles. The van der Waals surface area contributed by atoms with Crippen LogP contribution in [0.3, 0.4) is 0 Å². The molecular weight excluding hydrogens is 312 g/mol. The molecule has 0 aliphatic carbocycles. The molecule has 0 saturated carbocycles. The van der Waals surface area contributed by atoms with Crippen LogP contribution in [-0.2, 0) is 4.74 Å². The van der Waals surface area contributed by atoms with Crippen molar-refractivity contribution in [2.24, 2.45) is 0 Å². The van der Waals surface area contributed by atoms with Crippen molar-refractivity contribution < 1.29 is 14.3 Å². The molecule has 2 aromatic rings. The van der Waals surface area contributed by atoms with Crippen LogP contribution in [0.4, 0.5) is 5.69 Å². The fourth-order valence-corrected chi connectivity index (χ4v) is 1.76. The van der Waals surface area contributed by atoms with E-state index < -0.39 is 5.97 Å². The van der Waals surface area contributed by atoms with Crippen LogP contribution < -0.4 is 10.5 Å². The highest BCUT2D eigenvalue weighted by atomic mass is 35.5. The molecule has 0 unspecified atom stereocenters. The van der Waals surface area contributed by atoms with Crippen molar-refractivity contribution in [3.8, 4) is 11.8 Å². The van der Waals surface area contributed by atoms with Crippen molar-refractivity contribution in [3.63, 3.8) is 0 Å². The highest BCUT2D eigenvalue weighted by Gasteiger charge is 2.18. The predicted octanol–water partition coefficient (Wildman–Crippen LogP) is 0.994. The zero-order chi connectivity index (χ0) is 16.3. The van der Waals surface area contributed by atoms with Gasteiger partial charge in [-0.15, -0.1) is 0 Å². The SMILES string of the molecule is CCOC(=O)c1cnn(-c2nc(OC)c(N)c(C(=N)Cl)n2)c1. The van der Waals surface area contributed by atoms with Gasteiger partial charge in [0.2, 0.25) is 5.88 Å². The number of nitrogens with one attached hydrogen (secondary N) is 1. The van der Waals surface area contributed by atoms with E-state index in [9.17, 15) is 4.79 Å². The van der Waals surface area contributed by atoms with Crippen LogP contribution in [0, 0.1) is 5.41 Å². The minimum atomic E-state index is -0.513. The van der Waals surface area contributed by atoms with Gasteiger partial charge in [0.1, 0.15) is 16.6 Å². The third-order valence-electron chi connectivity index (χ3n) is 2.60. The topological polar surface area (TPSA) is 129 Å². The van der Waals surface area contributed by atoms with E-state index in [4.69, 9.17) is 32.2 Å². The number of hydrogen-bond acceptors (Lipinski definition) is 8. The summed E-state index contributed by atoms with van der Waals surface area (Å²) in [6.45, 7) is 1.96. The first kappa shape index (κ1) is 15.7. The number of halogens is 1. The number of hydrogen-bond donors (Lipinski definition) is 2. The molecule has 9 nitrogen and oxygen atoms in total. The molecule has 2 rings (SSSR count).